The Labute approximate surface area is 116 Å². The van der Waals surface area contributed by atoms with E-state index in [1.807, 2.05) is 6.07 Å². The first-order valence-corrected chi connectivity index (χ1v) is 6.41. The number of aromatic nitrogens is 1. The normalized spacial score (nSPS) is 11.8. The highest BCUT2D eigenvalue weighted by Gasteiger charge is 2.06. The number of unbranched alkanes of at least 4 members (excludes halogenated alkanes) is 1. The number of hydrogen-bond donors (Lipinski definition) is 3. The van der Waals surface area contributed by atoms with Crippen LogP contribution in [0, 0.1) is 0 Å². The minimum absolute atomic E-state index is 0.00456. The van der Waals surface area contributed by atoms with Crippen molar-refractivity contribution in [2.24, 2.45) is 27.2 Å². The molecule has 106 valence electrons. The molecule has 7 heteroatoms. The summed E-state index contributed by atoms with van der Waals surface area (Å²) < 4.78 is 5.67. The van der Waals surface area contributed by atoms with Crippen molar-refractivity contribution in [3.8, 4) is 0 Å². The van der Waals surface area contributed by atoms with E-state index >= 15 is 0 Å². The molecule has 2 rings (SSSR count). The quantitative estimate of drug-likeness (QED) is 0.573. The Bertz CT molecular complexity index is 654. The van der Waals surface area contributed by atoms with Gasteiger partial charge < -0.3 is 21.6 Å². The molecule has 0 amide bonds. The molecule has 7 nitrogen and oxygen atoms in total. The molecule has 0 fully saturated rings. The van der Waals surface area contributed by atoms with Crippen molar-refractivity contribution in [2.45, 2.75) is 26.2 Å². The van der Waals surface area contributed by atoms with Gasteiger partial charge in [0, 0.05) is 12.5 Å². The molecule has 0 radical (unpaired) electrons. The number of aliphatic imine (C=N–C) groups is 2. The van der Waals surface area contributed by atoms with Gasteiger partial charge in [-0.25, -0.2) is 9.98 Å². The third-order valence-corrected chi connectivity index (χ3v) is 2.65. The average molecular weight is 274 g/mol. The monoisotopic (exact) mass is 274 g/mol. The van der Waals surface area contributed by atoms with E-state index in [0.29, 0.717) is 11.3 Å². The minimum Gasteiger partial charge on any atom is -0.441 e. The number of hydrogen-bond acceptors (Lipinski definition) is 3. The van der Waals surface area contributed by atoms with Gasteiger partial charge in [-0.15, -0.1) is 0 Å². The lowest BCUT2D eigenvalue weighted by Gasteiger charge is -1.95. The number of fused-ring (bicyclic) bond motifs is 1. The summed E-state index contributed by atoms with van der Waals surface area (Å²) in [6, 6.07) is 5.37. The molecule has 20 heavy (non-hydrogen) atoms. The Balaban J connectivity index is 2.27. The second-order valence-electron chi connectivity index (χ2n) is 4.37. The van der Waals surface area contributed by atoms with Crippen LogP contribution in [0.4, 0.5) is 5.69 Å². The van der Waals surface area contributed by atoms with Crippen molar-refractivity contribution in [3.05, 3.63) is 24.1 Å². The van der Waals surface area contributed by atoms with Gasteiger partial charge in [0.25, 0.3) is 0 Å². The van der Waals surface area contributed by atoms with Crippen LogP contribution in [-0.4, -0.2) is 16.9 Å². The molecule has 1 aromatic heterocycles. The van der Waals surface area contributed by atoms with Gasteiger partial charge >= 0.3 is 0 Å². The number of aryl methyl sites for hydroxylation is 1. The van der Waals surface area contributed by atoms with E-state index in [1.165, 1.54) is 0 Å². The highest BCUT2D eigenvalue weighted by Crippen LogP contribution is 2.22. The summed E-state index contributed by atoms with van der Waals surface area (Å²) >= 11 is 0. The molecular weight excluding hydrogens is 256 g/mol. The zero-order chi connectivity index (χ0) is 14.5. The summed E-state index contributed by atoms with van der Waals surface area (Å²) in [5.74, 6) is 0.601. The van der Waals surface area contributed by atoms with Gasteiger partial charge in [0.2, 0.25) is 5.96 Å². The van der Waals surface area contributed by atoms with Crippen LogP contribution >= 0.6 is 0 Å². The highest BCUT2D eigenvalue weighted by molar-refractivity contribution is 5.94. The lowest BCUT2D eigenvalue weighted by Crippen LogP contribution is -2.26. The molecule has 0 aliphatic carbocycles. The minimum atomic E-state index is -0.131. The average Bonchev–Trinajstić information content (AvgIpc) is 2.77. The van der Waals surface area contributed by atoms with Crippen LogP contribution in [0.2, 0.25) is 0 Å². The van der Waals surface area contributed by atoms with E-state index in [2.05, 4.69) is 21.9 Å². The summed E-state index contributed by atoms with van der Waals surface area (Å²) in [5, 5.41) is 0. The SMILES string of the molecule is CCCCc1nc2ccc(N=C(N)N=C(N)N)cc2o1. The molecule has 0 unspecified atom stereocenters. The Hall–Kier alpha value is -2.57. The molecule has 0 atom stereocenters. The van der Waals surface area contributed by atoms with Crippen LogP contribution in [0.15, 0.2) is 32.6 Å². The van der Waals surface area contributed by atoms with Crippen molar-refractivity contribution in [1.29, 1.82) is 0 Å². The lowest BCUT2D eigenvalue weighted by molar-refractivity contribution is 0.518. The van der Waals surface area contributed by atoms with Gasteiger partial charge in [0.15, 0.2) is 17.4 Å². The lowest BCUT2D eigenvalue weighted by atomic mass is 10.2. The van der Waals surface area contributed by atoms with Crippen LogP contribution in [0.3, 0.4) is 0 Å². The standard InChI is InChI=1S/C13H18N6O/c1-2-3-4-11-18-9-6-5-8(7-10(9)20-11)17-13(16)19-12(14)15/h5-7H,2-4H2,1H3,(H6,14,15,16,17,19). The number of nitrogens with zero attached hydrogens (tertiary/aromatic N) is 3. The van der Waals surface area contributed by atoms with Crippen molar-refractivity contribution >= 4 is 28.7 Å². The maximum Gasteiger partial charge on any atom is 0.223 e. The molecule has 0 bridgehead atoms. The summed E-state index contributed by atoms with van der Waals surface area (Å²) in [4.78, 5) is 12.1. The fourth-order valence-corrected chi connectivity index (χ4v) is 1.76. The largest absolute Gasteiger partial charge is 0.441 e. The van der Waals surface area contributed by atoms with E-state index in [4.69, 9.17) is 21.6 Å². The summed E-state index contributed by atoms with van der Waals surface area (Å²) in [6.07, 6.45) is 2.98. The van der Waals surface area contributed by atoms with Gasteiger partial charge in [0.1, 0.15) is 5.52 Å². The van der Waals surface area contributed by atoms with Gasteiger partial charge in [0.05, 0.1) is 5.69 Å². The summed E-state index contributed by atoms with van der Waals surface area (Å²) in [6.45, 7) is 2.13. The first-order chi connectivity index (χ1) is 9.58. The Kier molecular flexibility index (Phi) is 4.19. The zero-order valence-corrected chi connectivity index (χ0v) is 11.3. The van der Waals surface area contributed by atoms with Gasteiger partial charge in [-0.2, -0.15) is 4.99 Å². The molecule has 1 heterocycles. The van der Waals surface area contributed by atoms with E-state index in [0.717, 1.165) is 30.7 Å². The van der Waals surface area contributed by atoms with E-state index in [9.17, 15) is 0 Å². The molecule has 0 saturated carbocycles. The zero-order valence-electron chi connectivity index (χ0n) is 11.3. The highest BCUT2D eigenvalue weighted by atomic mass is 16.3. The van der Waals surface area contributed by atoms with Crippen LogP contribution in [0.25, 0.3) is 11.1 Å². The maximum absolute atomic E-state index is 5.67. The number of benzene rings is 1. The molecule has 1 aromatic carbocycles. The molecule has 0 aliphatic rings. The van der Waals surface area contributed by atoms with E-state index in [1.54, 1.807) is 12.1 Å². The second-order valence-corrected chi connectivity index (χ2v) is 4.37. The first-order valence-electron chi connectivity index (χ1n) is 6.41. The molecule has 2 aromatic rings. The smallest absolute Gasteiger partial charge is 0.223 e. The molecule has 0 aliphatic heterocycles. The summed E-state index contributed by atoms with van der Waals surface area (Å²) in [7, 11) is 0. The Morgan fingerprint density at radius 1 is 1.30 bits per heavy atom. The molecule has 0 saturated heterocycles. The predicted octanol–water partition coefficient (Wildman–Crippen LogP) is 1.39. The summed E-state index contributed by atoms with van der Waals surface area (Å²) in [5.41, 5.74) is 18.1. The number of rotatable bonds is 4. The Morgan fingerprint density at radius 2 is 2.10 bits per heavy atom. The van der Waals surface area contributed by atoms with Crippen LogP contribution in [-0.2, 0) is 6.42 Å². The number of guanidine groups is 2. The molecule has 6 N–H and O–H groups in total. The van der Waals surface area contributed by atoms with Crippen LogP contribution < -0.4 is 17.2 Å². The van der Waals surface area contributed by atoms with E-state index in [-0.39, 0.29) is 11.9 Å². The first kappa shape index (κ1) is 13.9. The van der Waals surface area contributed by atoms with Crippen molar-refractivity contribution in [3.63, 3.8) is 0 Å². The topological polar surface area (TPSA) is 129 Å². The maximum atomic E-state index is 5.67. The molecule has 0 spiro atoms. The third-order valence-electron chi connectivity index (χ3n) is 2.65. The Morgan fingerprint density at radius 3 is 2.80 bits per heavy atom. The van der Waals surface area contributed by atoms with E-state index < -0.39 is 0 Å². The molecular formula is C13H18N6O. The van der Waals surface area contributed by atoms with Gasteiger partial charge in [-0.05, 0) is 18.6 Å². The fourth-order valence-electron chi connectivity index (χ4n) is 1.76. The van der Waals surface area contributed by atoms with Crippen molar-refractivity contribution < 1.29 is 4.42 Å². The van der Waals surface area contributed by atoms with Crippen molar-refractivity contribution in [2.75, 3.05) is 0 Å². The van der Waals surface area contributed by atoms with Crippen molar-refractivity contribution in [1.82, 2.24) is 4.98 Å². The number of oxazole rings is 1. The number of nitrogens with two attached hydrogens (primary N) is 3. The second kappa shape index (κ2) is 6.05. The van der Waals surface area contributed by atoms with Crippen LogP contribution in [0.5, 0.6) is 0 Å². The predicted molar refractivity (Wildman–Crippen MR) is 79.7 cm³/mol. The van der Waals surface area contributed by atoms with Gasteiger partial charge in [-0.3, -0.25) is 0 Å². The third kappa shape index (κ3) is 3.47. The fraction of sp³-hybridized carbons (Fsp3) is 0.308. The van der Waals surface area contributed by atoms with Crippen LogP contribution in [0.1, 0.15) is 25.7 Å². The van der Waals surface area contributed by atoms with Gasteiger partial charge in [-0.1, -0.05) is 13.3 Å².